The zero-order chi connectivity index (χ0) is 14.6. The summed E-state index contributed by atoms with van der Waals surface area (Å²) in [5.74, 6) is -1.61. The van der Waals surface area contributed by atoms with Crippen molar-refractivity contribution in [3.05, 3.63) is 33.9 Å². The number of benzene rings is 1. The SMILES string of the molecule is COC(=O)C(C)Oc1ccc(C(N)=O)cc1[N+](=O)[O-]. The maximum absolute atomic E-state index is 11.2. The number of nitrogens with two attached hydrogens (primary N) is 1. The number of esters is 1. The van der Waals surface area contributed by atoms with E-state index in [0.717, 1.165) is 6.07 Å². The molecule has 2 N–H and O–H groups in total. The first-order valence-corrected chi connectivity index (χ1v) is 5.19. The lowest BCUT2D eigenvalue weighted by molar-refractivity contribution is -0.386. The van der Waals surface area contributed by atoms with E-state index in [1.54, 1.807) is 0 Å². The zero-order valence-electron chi connectivity index (χ0n) is 10.3. The number of nitrogens with zero attached hydrogens (tertiary/aromatic N) is 1. The van der Waals surface area contributed by atoms with Crippen molar-refractivity contribution in [3.8, 4) is 5.75 Å². The molecule has 1 aromatic rings. The van der Waals surface area contributed by atoms with Crippen molar-refractivity contribution in [2.45, 2.75) is 13.0 Å². The molecule has 0 radical (unpaired) electrons. The minimum Gasteiger partial charge on any atom is -0.472 e. The summed E-state index contributed by atoms with van der Waals surface area (Å²) in [6.45, 7) is 1.39. The summed E-state index contributed by atoms with van der Waals surface area (Å²) in [4.78, 5) is 32.3. The quantitative estimate of drug-likeness (QED) is 0.475. The fourth-order valence-electron chi connectivity index (χ4n) is 1.32. The topological polar surface area (TPSA) is 122 Å². The normalized spacial score (nSPS) is 11.5. The van der Waals surface area contributed by atoms with Crippen LogP contribution in [0.15, 0.2) is 18.2 Å². The highest BCUT2D eigenvalue weighted by Gasteiger charge is 2.22. The third-order valence-electron chi connectivity index (χ3n) is 2.28. The van der Waals surface area contributed by atoms with Crippen LogP contribution in [-0.4, -0.2) is 30.0 Å². The van der Waals surface area contributed by atoms with Gasteiger partial charge in [-0.05, 0) is 19.1 Å². The number of carbonyl (C=O) groups excluding carboxylic acids is 2. The highest BCUT2D eigenvalue weighted by molar-refractivity contribution is 5.93. The molecule has 0 heterocycles. The van der Waals surface area contributed by atoms with Gasteiger partial charge in [0.15, 0.2) is 11.9 Å². The Labute approximate surface area is 108 Å². The molecular weight excluding hydrogens is 256 g/mol. The van der Waals surface area contributed by atoms with Crippen LogP contribution in [0, 0.1) is 10.1 Å². The van der Waals surface area contributed by atoms with Gasteiger partial charge in [-0.25, -0.2) is 4.79 Å². The van der Waals surface area contributed by atoms with Crippen molar-refractivity contribution >= 4 is 17.6 Å². The second kappa shape index (κ2) is 5.80. The average Bonchev–Trinajstić information content (AvgIpc) is 2.37. The van der Waals surface area contributed by atoms with Crippen LogP contribution >= 0.6 is 0 Å². The van der Waals surface area contributed by atoms with Gasteiger partial charge in [0.25, 0.3) is 0 Å². The van der Waals surface area contributed by atoms with Crippen LogP contribution in [0.5, 0.6) is 5.75 Å². The predicted octanol–water partition coefficient (Wildman–Crippen LogP) is 0.634. The third-order valence-corrected chi connectivity index (χ3v) is 2.28. The Morgan fingerprint density at radius 3 is 2.53 bits per heavy atom. The van der Waals surface area contributed by atoms with E-state index >= 15 is 0 Å². The molecule has 1 aromatic carbocycles. The molecule has 0 fully saturated rings. The number of primary amides is 1. The molecule has 0 saturated carbocycles. The lowest BCUT2D eigenvalue weighted by Gasteiger charge is -2.12. The highest BCUT2D eigenvalue weighted by Crippen LogP contribution is 2.28. The molecule has 19 heavy (non-hydrogen) atoms. The molecule has 8 nitrogen and oxygen atoms in total. The molecule has 0 saturated heterocycles. The van der Waals surface area contributed by atoms with Gasteiger partial charge in [-0.2, -0.15) is 0 Å². The van der Waals surface area contributed by atoms with Gasteiger partial charge in [0.1, 0.15) is 0 Å². The van der Waals surface area contributed by atoms with Crippen molar-refractivity contribution in [3.63, 3.8) is 0 Å². The van der Waals surface area contributed by atoms with Crippen LogP contribution in [0.3, 0.4) is 0 Å². The Bertz CT molecular complexity index is 528. The summed E-state index contributed by atoms with van der Waals surface area (Å²) in [6.07, 6.45) is -1.01. The highest BCUT2D eigenvalue weighted by atomic mass is 16.6. The molecule has 0 aliphatic rings. The average molecular weight is 268 g/mol. The first-order chi connectivity index (χ1) is 8.86. The molecule has 1 atom stereocenters. The van der Waals surface area contributed by atoms with Crippen molar-refractivity contribution in [1.82, 2.24) is 0 Å². The van der Waals surface area contributed by atoms with Crippen LogP contribution in [0.1, 0.15) is 17.3 Å². The van der Waals surface area contributed by atoms with Crippen LogP contribution < -0.4 is 10.5 Å². The number of ether oxygens (including phenoxy) is 2. The molecule has 1 unspecified atom stereocenters. The van der Waals surface area contributed by atoms with Crippen LogP contribution in [-0.2, 0) is 9.53 Å². The van der Waals surface area contributed by atoms with Crippen LogP contribution in [0.4, 0.5) is 5.69 Å². The smallest absolute Gasteiger partial charge is 0.346 e. The predicted molar refractivity (Wildman–Crippen MR) is 63.7 cm³/mol. The third kappa shape index (κ3) is 3.41. The number of carbonyl (C=O) groups is 2. The van der Waals surface area contributed by atoms with Crippen molar-refractivity contribution < 1.29 is 24.0 Å². The number of nitro benzene ring substituents is 1. The fourth-order valence-corrected chi connectivity index (χ4v) is 1.32. The monoisotopic (exact) mass is 268 g/mol. The van der Waals surface area contributed by atoms with E-state index in [9.17, 15) is 19.7 Å². The molecule has 0 bridgehead atoms. The number of hydrogen-bond acceptors (Lipinski definition) is 6. The van der Waals surface area contributed by atoms with Gasteiger partial charge in [-0.1, -0.05) is 0 Å². The van der Waals surface area contributed by atoms with E-state index in [1.807, 2.05) is 0 Å². The van der Waals surface area contributed by atoms with Gasteiger partial charge in [0, 0.05) is 11.6 Å². The van der Waals surface area contributed by atoms with Gasteiger partial charge < -0.3 is 15.2 Å². The van der Waals surface area contributed by atoms with Crippen LogP contribution in [0.25, 0.3) is 0 Å². The van der Waals surface area contributed by atoms with Gasteiger partial charge in [-0.15, -0.1) is 0 Å². The summed E-state index contributed by atoms with van der Waals surface area (Å²) >= 11 is 0. The Hall–Kier alpha value is -2.64. The fraction of sp³-hybridized carbons (Fsp3) is 0.273. The first kappa shape index (κ1) is 14.4. The Morgan fingerprint density at radius 1 is 1.42 bits per heavy atom. The van der Waals surface area contributed by atoms with Gasteiger partial charge in [-0.3, -0.25) is 14.9 Å². The molecule has 0 aliphatic heterocycles. The lowest BCUT2D eigenvalue weighted by Crippen LogP contribution is -2.25. The Kier molecular flexibility index (Phi) is 4.41. The zero-order valence-corrected chi connectivity index (χ0v) is 10.3. The Morgan fingerprint density at radius 2 is 2.05 bits per heavy atom. The summed E-state index contributed by atoms with van der Waals surface area (Å²) in [5.41, 5.74) is 4.55. The van der Waals surface area contributed by atoms with Gasteiger partial charge in [0.05, 0.1) is 12.0 Å². The second-order valence-corrected chi connectivity index (χ2v) is 3.59. The molecule has 8 heteroatoms. The molecule has 1 rings (SSSR count). The standard InChI is InChI=1S/C11H12N2O6/c1-6(11(15)18-2)19-9-4-3-7(10(12)14)5-8(9)13(16)17/h3-6H,1-2H3,(H2,12,14). The minimum absolute atomic E-state index is 0.0234. The Balaban J connectivity index is 3.10. The number of rotatable bonds is 5. The minimum atomic E-state index is -1.01. The van der Waals surface area contributed by atoms with E-state index in [0.29, 0.717) is 0 Å². The number of methoxy groups -OCH3 is 1. The van der Waals surface area contributed by atoms with Crippen molar-refractivity contribution in [2.24, 2.45) is 5.73 Å². The number of hydrogen-bond donors (Lipinski definition) is 1. The molecule has 0 aliphatic carbocycles. The van der Waals surface area contributed by atoms with Crippen molar-refractivity contribution in [1.29, 1.82) is 0 Å². The molecule has 1 amide bonds. The van der Waals surface area contributed by atoms with E-state index in [4.69, 9.17) is 10.5 Å². The summed E-state index contributed by atoms with van der Waals surface area (Å²) in [7, 11) is 1.17. The second-order valence-electron chi connectivity index (χ2n) is 3.59. The van der Waals surface area contributed by atoms with Crippen LogP contribution in [0.2, 0.25) is 0 Å². The maximum Gasteiger partial charge on any atom is 0.346 e. The van der Waals surface area contributed by atoms with Crippen molar-refractivity contribution in [2.75, 3.05) is 7.11 Å². The van der Waals surface area contributed by atoms with Gasteiger partial charge >= 0.3 is 11.7 Å². The maximum atomic E-state index is 11.2. The number of nitro groups is 1. The van der Waals surface area contributed by atoms with E-state index in [2.05, 4.69) is 4.74 Å². The molecular formula is C11H12N2O6. The summed E-state index contributed by atoms with van der Waals surface area (Å²) in [6, 6.07) is 3.47. The molecule has 0 spiro atoms. The first-order valence-electron chi connectivity index (χ1n) is 5.19. The van der Waals surface area contributed by atoms with E-state index in [-0.39, 0.29) is 11.3 Å². The summed E-state index contributed by atoms with van der Waals surface area (Å²) in [5, 5.41) is 10.9. The van der Waals surface area contributed by atoms with E-state index in [1.165, 1.54) is 26.2 Å². The lowest BCUT2D eigenvalue weighted by atomic mass is 10.2. The molecule has 0 aromatic heterocycles. The largest absolute Gasteiger partial charge is 0.472 e. The summed E-state index contributed by atoms with van der Waals surface area (Å²) < 4.78 is 9.56. The van der Waals surface area contributed by atoms with E-state index < -0.39 is 28.6 Å². The molecule has 102 valence electrons. The number of amides is 1. The van der Waals surface area contributed by atoms with Gasteiger partial charge in [0.2, 0.25) is 5.91 Å².